The monoisotopic (exact) mass is 166 g/mol. The second kappa shape index (κ2) is 5.76. The Kier molecular flexibility index (Phi) is 5.35. The summed E-state index contributed by atoms with van der Waals surface area (Å²) in [6.07, 6.45) is 6.17. The number of hydrogen-bond donors (Lipinski definition) is 0. The van der Waals surface area contributed by atoms with E-state index in [1.54, 1.807) is 6.08 Å². The predicted octanol–water partition coefficient (Wildman–Crippen LogP) is 3.12. The molecule has 0 heterocycles. The number of hydrogen-bond acceptors (Lipinski definition) is 1. The van der Waals surface area contributed by atoms with E-state index >= 15 is 0 Å². The van der Waals surface area contributed by atoms with Gasteiger partial charge in [-0.05, 0) is 17.6 Å². The van der Waals surface area contributed by atoms with E-state index in [0.717, 1.165) is 0 Å². The average Bonchev–Trinajstić information content (AvgIpc) is 2.09. The average molecular weight is 166 g/mol. The van der Waals surface area contributed by atoms with Crippen molar-refractivity contribution >= 4 is 5.78 Å². The molecule has 0 bridgehead atoms. The second-order valence-corrected chi connectivity index (χ2v) is 2.86. The van der Waals surface area contributed by atoms with Crippen molar-refractivity contribution in [3.05, 3.63) is 23.8 Å². The summed E-state index contributed by atoms with van der Waals surface area (Å²) in [6.45, 7) is 8.26. The lowest BCUT2D eigenvalue weighted by molar-refractivity contribution is -0.113. The van der Waals surface area contributed by atoms with Crippen LogP contribution >= 0.6 is 0 Å². The Balaban J connectivity index is 0.000000561. The summed E-state index contributed by atoms with van der Waals surface area (Å²) >= 11 is 0. The fourth-order valence-corrected chi connectivity index (χ4v) is 0.972. The zero-order valence-corrected chi connectivity index (χ0v) is 8.42. The normalized spacial score (nSPS) is 15.4. The second-order valence-electron chi connectivity index (χ2n) is 2.86. The molecule has 0 fully saturated rings. The van der Waals surface area contributed by atoms with Crippen molar-refractivity contribution in [2.75, 3.05) is 0 Å². The van der Waals surface area contributed by atoms with Crippen molar-refractivity contribution < 1.29 is 4.79 Å². The molecule has 1 aliphatic rings. The summed E-state index contributed by atoms with van der Waals surface area (Å²) in [5, 5.41) is 0. The standard InChI is InChI=1S/C9H12O.C2H6/c1-7(2)8-3-5-9(10)6-4-8;1-2/h3-5,7H,6H2,1-2H3;1-2H3. The molecule has 0 saturated carbocycles. The first-order valence-corrected chi connectivity index (χ1v) is 4.61. The molecule has 0 spiro atoms. The van der Waals surface area contributed by atoms with Crippen LogP contribution in [-0.2, 0) is 4.79 Å². The van der Waals surface area contributed by atoms with Gasteiger partial charge >= 0.3 is 0 Å². The molecule has 0 N–H and O–H groups in total. The number of carbonyl (C=O) groups excluding carboxylic acids is 1. The molecule has 68 valence electrons. The molecule has 1 aliphatic carbocycles. The molecule has 0 aliphatic heterocycles. The van der Waals surface area contributed by atoms with E-state index in [9.17, 15) is 4.79 Å². The molecule has 0 saturated heterocycles. The van der Waals surface area contributed by atoms with Gasteiger partial charge in [-0.15, -0.1) is 0 Å². The molecule has 0 unspecified atom stereocenters. The fourth-order valence-electron chi connectivity index (χ4n) is 0.972. The van der Waals surface area contributed by atoms with Gasteiger partial charge in [-0.2, -0.15) is 0 Å². The summed E-state index contributed by atoms with van der Waals surface area (Å²) in [6, 6.07) is 0. The molecule has 1 heteroatoms. The van der Waals surface area contributed by atoms with Crippen molar-refractivity contribution in [2.45, 2.75) is 34.1 Å². The van der Waals surface area contributed by atoms with Gasteiger partial charge in [0, 0.05) is 6.42 Å². The van der Waals surface area contributed by atoms with Gasteiger partial charge < -0.3 is 0 Å². The molecule has 0 aromatic carbocycles. The van der Waals surface area contributed by atoms with Crippen molar-refractivity contribution in [2.24, 2.45) is 5.92 Å². The van der Waals surface area contributed by atoms with E-state index in [1.807, 2.05) is 26.0 Å². The molecule has 0 radical (unpaired) electrons. The minimum atomic E-state index is 0.212. The van der Waals surface area contributed by atoms with Crippen LogP contribution in [0.1, 0.15) is 34.1 Å². The Bertz CT molecular complexity index is 197. The summed E-state index contributed by atoms with van der Waals surface area (Å²) in [7, 11) is 0. The number of ketones is 1. The zero-order chi connectivity index (χ0) is 9.56. The Morgan fingerprint density at radius 2 is 1.83 bits per heavy atom. The van der Waals surface area contributed by atoms with Gasteiger partial charge in [0.25, 0.3) is 0 Å². The van der Waals surface area contributed by atoms with Crippen LogP contribution in [0.3, 0.4) is 0 Å². The molecule has 0 aromatic heterocycles. The van der Waals surface area contributed by atoms with Gasteiger partial charge in [-0.25, -0.2) is 0 Å². The van der Waals surface area contributed by atoms with Crippen LogP contribution in [0.25, 0.3) is 0 Å². The van der Waals surface area contributed by atoms with Crippen molar-refractivity contribution in [1.82, 2.24) is 0 Å². The summed E-state index contributed by atoms with van der Waals surface area (Å²) < 4.78 is 0. The van der Waals surface area contributed by atoms with Gasteiger partial charge in [0.05, 0.1) is 0 Å². The highest BCUT2D eigenvalue weighted by atomic mass is 16.1. The first kappa shape index (κ1) is 11.2. The van der Waals surface area contributed by atoms with Crippen LogP contribution in [0.5, 0.6) is 0 Å². The maximum Gasteiger partial charge on any atom is 0.159 e. The summed E-state index contributed by atoms with van der Waals surface area (Å²) in [5.74, 6) is 0.758. The first-order valence-electron chi connectivity index (χ1n) is 4.61. The zero-order valence-electron chi connectivity index (χ0n) is 8.42. The third kappa shape index (κ3) is 3.51. The lowest BCUT2D eigenvalue weighted by Gasteiger charge is -2.08. The highest BCUT2D eigenvalue weighted by Crippen LogP contribution is 2.15. The SMILES string of the molecule is CC.CC(C)C1=CCC(=O)C=C1. The highest BCUT2D eigenvalue weighted by molar-refractivity contribution is 5.92. The molecule has 1 nitrogen and oxygen atoms in total. The molecule has 12 heavy (non-hydrogen) atoms. The van der Waals surface area contributed by atoms with E-state index in [0.29, 0.717) is 12.3 Å². The van der Waals surface area contributed by atoms with Gasteiger partial charge in [0.15, 0.2) is 5.78 Å². The molecule has 0 amide bonds. The topological polar surface area (TPSA) is 17.1 Å². The third-order valence-electron chi connectivity index (χ3n) is 1.67. The van der Waals surface area contributed by atoms with Gasteiger partial charge in [-0.3, -0.25) is 4.79 Å². The predicted molar refractivity (Wildman–Crippen MR) is 53.0 cm³/mol. The minimum absolute atomic E-state index is 0.212. The quantitative estimate of drug-likeness (QED) is 0.585. The maximum absolute atomic E-state index is 10.7. The fraction of sp³-hybridized carbons (Fsp3) is 0.545. The Morgan fingerprint density at radius 3 is 2.17 bits per heavy atom. The van der Waals surface area contributed by atoms with Crippen LogP contribution in [0.4, 0.5) is 0 Å². The largest absolute Gasteiger partial charge is 0.295 e. The van der Waals surface area contributed by atoms with Crippen molar-refractivity contribution in [3.8, 4) is 0 Å². The van der Waals surface area contributed by atoms with E-state index in [2.05, 4.69) is 13.8 Å². The molecule has 0 aromatic rings. The minimum Gasteiger partial charge on any atom is -0.295 e. The van der Waals surface area contributed by atoms with Gasteiger partial charge in [0.2, 0.25) is 0 Å². The first-order chi connectivity index (χ1) is 5.70. The Labute approximate surface area is 75.2 Å². The lowest BCUT2D eigenvalue weighted by atomic mass is 9.97. The van der Waals surface area contributed by atoms with Crippen LogP contribution in [0.2, 0.25) is 0 Å². The Morgan fingerprint density at radius 1 is 1.25 bits per heavy atom. The number of carbonyl (C=O) groups is 1. The summed E-state index contributed by atoms with van der Waals surface area (Å²) in [5.41, 5.74) is 1.28. The number of rotatable bonds is 1. The number of allylic oxidation sites excluding steroid dienone is 4. The lowest BCUT2D eigenvalue weighted by Crippen LogP contribution is -2.00. The molecular weight excluding hydrogens is 148 g/mol. The van der Waals surface area contributed by atoms with E-state index < -0.39 is 0 Å². The molecular formula is C11H18O. The third-order valence-corrected chi connectivity index (χ3v) is 1.67. The van der Waals surface area contributed by atoms with Gasteiger partial charge in [-0.1, -0.05) is 39.8 Å². The van der Waals surface area contributed by atoms with Crippen molar-refractivity contribution in [1.29, 1.82) is 0 Å². The summed E-state index contributed by atoms with van der Waals surface area (Å²) in [4.78, 5) is 10.7. The smallest absolute Gasteiger partial charge is 0.159 e. The van der Waals surface area contributed by atoms with E-state index in [4.69, 9.17) is 0 Å². The maximum atomic E-state index is 10.7. The van der Waals surface area contributed by atoms with Gasteiger partial charge in [0.1, 0.15) is 0 Å². The van der Waals surface area contributed by atoms with E-state index in [1.165, 1.54) is 5.57 Å². The van der Waals surface area contributed by atoms with Crippen LogP contribution in [0, 0.1) is 5.92 Å². The van der Waals surface area contributed by atoms with Crippen LogP contribution in [-0.4, -0.2) is 5.78 Å². The Hall–Kier alpha value is -0.850. The van der Waals surface area contributed by atoms with Crippen LogP contribution < -0.4 is 0 Å². The molecule has 0 atom stereocenters. The van der Waals surface area contributed by atoms with Crippen molar-refractivity contribution in [3.63, 3.8) is 0 Å². The van der Waals surface area contributed by atoms with Crippen LogP contribution in [0.15, 0.2) is 23.8 Å². The highest BCUT2D eigenvalue weighted by Gasteiger charge is 2.05. The van der Waals surface area contributed by atoms with E-state index in [-0.39, 0.29) is 5.78 Å². The molecule has 1 rings (SSSR count).